The predicted octanol–water partition coefficient (Wildman–Crippen LogP) is 3.77. The van der Waals surface area contributed by atoms with Crippen LogP contribution >= 0.6 is 11.3 Å². The van der Waals surface area contributed by atoms with Crippen LogP contribution in [0.15, 0.2) is 24.3 Å². The molecule has 0 saturated heterocycles. The highest BCUT2D eigenvalue weighted by molar-refractivity contribution is 7.20. The van der Waals surface area contributed by atoms with E-state index in [0.29, 0.717) is 29.6 Å². The Balaban J connectivity index is 1.40. The van der Waals surface area contributed by atoms with E-state index in [9.17, 15) is 9.59 Å². The molecular formula is C23H27N3O5S. The zero-order valence-corrected chi connectivity index (χ0v) is 19.5. The van der Waals surface area contributed by atoms with Crippen LogP contribution in [-0.2, 0) is 16.6 Å². The van der Waals surface area contributed by atoms with Gasteiger partial charge in [0, 0.05) is 18.9 Å². The molecule has 1 atom stereocenters. The zero-order valence-electron chi connectivity index (χ0n) is 18.6. The number of aromatic nitrogens is 2. The van der Waals surface area contributed by atoms with E-state index in [1.54, 1.807) is 10.7 Å². The minimum Gasteiger partial charge on any atom is -0.490 e. The molecule has 4 rings (SSSR count). The molecule has 32 heavy (non-hydrogen) atoms. The minimum atomic E-state index is -0.516. The maximum absolute atomic E-state index is 12.6. The molecule has 1 aliphatic heterocycles. The number of aryl methyl sites for hydroxylation is 2. The molecule has 0 radical (unpaired) electrons. The first-order valence-corrected chi connectivity index (χ1v) is 11.4. The number of carbonyl (C=O) groups is 2. The number of amides is 1. The van der Waals surface area contributed by atoms with E-state index in [-0.39, 0.29) is 24.5 Å². The normalized spacial score (nSPS) is 14.3. The molecule has 1 amide bonds. The highest BCUT2D eigenvalue weighted by atomic mass is 32.1. The molecule has 8 nitrogen and oxygen atoms in total. The summed E-state index contributed by atoms with van der Waals surface area (Å²) in [7, 11) is 1.83. The summed E-state index contributed by atoms with van der Waals surface area (Å²) in [5.74, 6) is 0.640. The van der Waals surface area contributed by atoms with Gasteiger partial charge in [-0.25, -0.2) is 4.79 Å². The molecule has 1 aromatic carbocycles. The van der Waals surface area contributed by atoms with Crippen molar-refractivity contribution in [1.29, 1.82) is 0 Å². The highest BCUT2D eigenvalue weighted by Crippen LogP contribution is 2.34. The molecule has 170 valence electrons. The number of ether oxygens (including phenoxy) is 3. The number of esters is 1. The Kier molecular flexibility index (Phi) is 6.36. The molecule has 0 fully saturated rings. The lowest BCUT2D eigenvalue weighted by Crippen LogP contribution is -2.35. The summed E-state index contributed by atoms with van der Waals surface area (Å²) < 4.78 is 18.5. The molecule has 9 heteroatoms. The average Bonchev–Trinajstić information content (AvgIpc) is 3.22. The lowest BCUT2D eigenvalue weighted by atomic mass is 9.95. The van der Waals surface area contributed by atoms with Crippen LogP contribution in [0.5, 0.6) is 11.5 Å². The van der Waals surface area contributed by atoms with Gasteiger partial charge in [-0.15, -0.1) is 11.3 Å². The number of carbonyl (C=O) groups excluding carboxylic acids is 2. The molecule has 2 aromatic heterocycles. The van der Waals surface area contributed by atoms with E-state index in [1.165, 1.54) is 11.3 Å². The summed E-state index contributed by atoms with van der Waals surface area (Å²) >= 11 is 1.30. The van der Waals surface area contributed by atoms with Crippen LogP contribution in [0.3, 0.4) is 0 Å². The third-order valence-corrected chi connectivity index (χ3v) is 6.53. The van der Waals surface area contributed by atoms with Gasteiger partial charge in [0.25, 0.3) is 5.91 Å². The average molecular weight is 458 g/mol. The van der Waals surface area contributed by atoms with E-state index in [0.717, 1.165) is 27.9 Å². The largest absolute Gasteiger partial charge is 0.490 e. The summed E-state index contributed by atoms with van der Waals surface area (Å²) in [6.07, 6.45) is 0.829. The number of benzene rings is 1. The maximum atomic E-state index is 12.6. The van der Waals surface area contributed by atoms with Gasteiger partial charge >= 0.3 is 5.97 Å². The van der Waals surface area contributed by atoms with Crippen molar-refractivity contribution < 1.29 is 23.8 Å². The Bertz CT molecular complexity index is 1120. The summed E-state index contributed by atoms with van der Waals surface area (Å²) in [6.45, 7) is 6.80. The summed E-state index contributed by atoms with van der Waals surface area (Å²) in [5, 5.41) is 8.23. The second-order valence-corrected chi connectivity index (χ2v) is 9.19. The summed E-state index contributed by atoms with van der Waals surface area (Å²) in [6, 6.07) is 7.22. The quantitative estimate of drug-likeness (QED) is 0.567. The van der Waals surface area contributed by atoms with Crippen molar-refractivity contribution in [1.82, 2.24) is 15.1 Å². The second-order valence-electron chi connectivity index (χ2n) is 8.16. The van der Waals surface area contributed by atoms with Gasteiger partial charge in [0.15, 0.2) is 18.1 Å². The zero-order chi connectivity index (χ0) is 22.8. The van der Waals surface area contributed by atoms with Gasteiger partial charge in [0.05, 0.1) is 24.9 Å². The topological polar surface area (TPSA) is 91.7 Å². The number of rotatable bonds is 6. The number of thiophene rings is 1. The fourth-order valence-electron chi connectivity index (χ4n) is 3.73. The van der Waals surface area contributed by atoms with Gasteiger partial charge in [0.2, 0.25) is 0 Å². The maximum Gasteiger partial charge on any atom is 0.348 e. The van der Waals surface area contributed by atoms with Crippen LogP contribution in [0.4, 0.5) is 0 Å². The number of nitrogens with zero attached hydrogens (tertiary/aromatic N) is 2. The van der Waals surface area contributed by atoms with Gasteiger partial charge in [-0.1, -0.05) is 19.9 Å². The molecule has 1 unspecified atom stereocenters. The van der Waals surface area contributed by atoms with Gasteiger partial charge in [-0.05, 0) is 36.6 Å². The van der Waals surface area contributed by atoms with Gasteiger partial charge in [-0.3, -0.25) is 9.48 Å². The van der Waals surface area contributed by atoms with E-state index in [1.807, 2.05) is 46.0 Å². The standard InChI is InChI=1S/C23H27N3O5S/c1-13(2)21(15-6-7-17-18(10-15)30-9-5-8-29-17)24-20(27)12-31-23(28)19-11-16-14(3)25-26(4)22(16)32-19/h6-7,10-11,13,21H,5,8-9,12H2,1-4H3,(H,24,27). The predicted molar refractivity (Wildman–Crippen MR) is 121 cm³/mol. The van der Waals surface area contributed by atoms with Crippen LogP contribution in [0, 0.1) is 12.8 Å². The summed E-state index contributed by atoms with van der Waals surface area (Å²) in [5.41, 5.74) is 1.77. The Hall–Kier alpha value is -3.07. The van der Waals surface area contributed by atoms with E-state index in [4.69, 9.17) is 14.2 Å². The Morgan fingerprint density at radius 2 is 1.97 bits per heavy atom. The number of nitrogens with one attached hydrogen (secondary N) is 1. The first kappa shape index (κ1) is 22.1. The number of hydrogen-bond acceptors (Lipinski definition) is 7. The molecule has 1 N–H and O–H groups in total. The van der Waals surface area contributed by atoms with Crippen molar-refractivity contribution >= 4 is 33.4 Å². The lowest BCUT2D eigenvalue weighted by molar-refractivity contribution is -0.125. The Morgan fingerprint density at radius 1 is 1.22 bits per heavy atom. The van der Waals surface area contributed by atoms with Gasteiger partial charge in [-0.2, -0.15) is 5.10 Å². The fraction of sp³-hybridized carbons (Fsp3) is 0.435. The number of hydrogen-bond donors (Lipinski definition) is 1. The third-order valence-electron chi connectivity index (χ3n) is 5.35. The van der Waals surface area contributed by atoms with Crippen molar-refractivity contribution in [3.8, 4) is 11.5 Å². The fourth-order valence-corrected chi connectivity index (χ4v) is 4.75. The van der Waals surface area contributed by atoms with Crippen molar-refractivity contribution in [2.75, 3.05) is 19.8 Å². The van der Waals surface area contributed by atoms with Crippen molar-refractivity contribution in [2.24, 2.45) is 13.0 Å². The molecule has 3 heterocycles. The second kappa shape index (κ2) is 9.20. The molecule has 3 aromatic rings. The molecule has 0 aliphatic carbocycles. The third kappa shape index (κ3) is 4.57. The van der Waals surface area contributed by atoms with Crippen LogP contribution in [0.1, 0.15) is 47.2 Å². The van der Waals surface area contributed by atoms with E-state index in [2.05, 4.69) is 10.4 Å². The molecule has 0 spiro atoms. The monoisotopic (exact) mass is 457 g/mol. The van der Waals surface area contributed by atoms with Crippen LogP contribution < -0.4 is 14.8 Å². The summed E-state index contributed by atoms with van der Waals surface area (Å²) in [4.78, 5) is 26.4. The Morgan fingerprint density at radius 3 is 2.69 bits per heavy atom. The van der Waals surface area contributed by atoms with Crippen LogP contribution in [-0.4, -0.2) is 41.5 Å². The molecule has 0 bridgehead atoms. The minimum absolute atomic E-state index is 0.123. The van der Waals surface area contributed by atoms with Gasteiger partial charge in [0.1, 0.15) is 9.71 Å². The van der Waals surface area contributed by atoms with Crippen molar-refractivity contribution in [3.63, 3.8) is 0 Å². The molecule has 1 aliphatic rings. The number of fused-ring (bicyclic) bond motifs is 2. The molecule has 0 saturated carbocycles. The van der Waals surface area contributed by atoms with E-state index < -0.39 is 5.97 Å². The van der Waals surface area contributed by atoms with Crippen molar-refractivity contribution in [2.45, 2.75) is 33.2 Å². The van der Waals surface area contributed by atoms with Crippen LogP contribution in [0.25, 0.3) is 10.2 Å². The SMILES string of the molecule is Cc1nn(C)c2sc(C(=O)OCC(=O)NC(c3ccc4c(c3)OCCCO4)C(C)C)cc12. The van der Waals surface area contributed by atoms with Gasteiger partial charge < -0.3 is 19.5 Å². The molecular weight excluding hydrogens is 430 g/mol. The van der Waals surface area contributed by atoms with Crippen LogP contribution in [0.2, 0.25) is 0 Å². The first-order valence-electron chi connectivity index (χ1n) is 10.6. The smallest absolute Gasteiger partial charge is 0.348 e. The van der Waals surface area contributed by atoms with E-state index >= 15 is 0 Å². The Labute approximate surface area is 190 Å². The highest BCUT2D eigenvalue weighted by Gasteiger charge is 2.23. The first-order chi connectivity index (χ1) is 15.3. The van der Waals surface area contributed by atoms with Crippen molar-refractivity contribution in [3.05, 3.63) is 40.4 Å². The lowest BCUT2D eigenvalue weighted by Gasteiger charge is -2.23.